The standard InChI is InChI=1S/C69H123N9O30/c1-40(82)74-56-59(91)47(86)33-43(85)39-104-66(56)101-30-27-98-24-21-70-53(88)19-17-45(64(96)71-22-25-99-28-31-102-67-57(75-41(2)83)62(94)60(92)50(37-80)106-67)78-55(90)20-18-46(65(97)72-23-26-100-29-32-103-68-58(76-42(3)84)63(95)61(93)51(38-81)107-68)77-54(89)16-14-12-10-8-7-9-11-13-15-52(87)73-35-44-34-48(49(36-79)105-44)108-69(4,5)6/h43-51,56-63,66-68,79-81,85-86,91-95H,7-39H2,1-6H3,(H,70,88)(H,71,96)(H,72,97)(H,73,87)(H,74,82)(H,75,83)(H,76,84)(H,77,89)(H,78,90). The van der Waals surface area contributed by atoms with Crippen molar-refractivity contribution in [3.8, 4) is 0 Å². The van der Waals surface area contributed by atoms with Crippen molar-refractivity contribution < 1.29 is 146 Å². The van der Waals surface area contributed by atoms with Crippen LogP contribution in [0.1, 0.15) is 144 Å². The largest absolute Gasteiger partial charge is 0.394 e. The molecular formula is C69H123N9O30. The summed E-state index contributed by atoms with van der Waals surface area (Å²) in [6.07, 6.45) is -11.6. The van der Waals surface area contributed by atoms with E-state index in [9.17, 15) is 94.2 Å². The van der Waals surface area contributed by atoms with Gasteiger partial charge in [-0.2, -0.15) is 0 Å². The molecule has 0 aliphatic carbocycles. The maximum absolute atomic E-state index is 13.9. The lowest BCUT2D eigenvalue weighted by atomic mass is 9.97. The van der Waals surface area contributed by atoms with Crippen LogP contribution in [0.4, 0.5) is 0 Å². The van der Waals surface area contributed by atoms with E-state index in [-0.39, 0.29) is 143 Å². The summed E-state index contributed by atoms with van der Waals surface area (Å²) in [5.74, 6) is -4.88. The predicted octanol–water partition coefficient (Wildman–Crippen LogP) is -6.46. The highest BCUT2D eigenvalue weighted by Crippen LogP contribution is 2.28. The van der Waals surface area contributed by atoms with Gasteiger partial charge in [0.1, 0.15) is 79.0 Å². The molecule has 0 radical (unpaired) electrons. The van der Waals surface area contributed by atoms with E-state index in [1.807, 2.05) is 20.8 Å². The van der Waals surface area contributed by atoms with Crippen molar-refractivity contribution in [2.45, 2.75) is 272 Å². The highest BCUT2D eigenvalue weighted by molar-refractivity contribution is 5.90. The van der Waals surface area contributed by atoms with Crippen molar-refractivity contribution >= 4 is 53.2 Å². The van der Waals surface area contributed by atoms with E-state index in [1.165, 1.54) is 20.8 Å². The average Bonchev–Trinajstić information content (AvgIpc) is 1.48. The molecular weight excluding hydrogens is 1430 g/mol. The summed E-state index contributed by atoms with van der Waals surface area (Å²) in [4.78, 5) is 116. The van der Waals surface area contributed by atoms with E-state index in [0.717, 1.165) is 32.1 Å². The van der Waals surface area contributed by atoms with Gasteiger partial charge in [0, 0.05) is 85.5 Å². The second-order valence-electron chi connectivity index (χ2n) is 28.1. The zero-order chi connectivity index (χ0) is 79.7. The number of hydrogen-bond acceptors (Lipinski definition) is 30. The number of aliphatic hydroxyl groups is 10. The van der Waals surface area contributed by atoms with Gasteiger partial charge in [-0.15, -0.1) is 0 Å². The summed E-state index contributed by atoms with van der Waals surface area (Å²) in [6, 6.07) is -6.18. The number of rotatable bonds is 51. The van der Waals surface area contributed by atoms with Crippen LogP contribution in [0.3, 0.4) is 0 Å². The highest BCUT2D eigenvalue weighted by atomic mass is 16.7. The minimum absolute atomic E-state index is 0.0230. The van der Waals surface area contributed by atoms with Crippen molar-refractivity contribution in [2.75, 3.05) is 112 Å². The van der Waals surface area contributed by atoms with E-state index in [1.54, 1.807) is 0 Å². The van der Waals surface area contributed by atoms with Gasteiger partial charge in [0.15, 0.2) is 18.9 Å². The van der Waals surface area contributed by atoms with Crippen LogP contribution in [0.15, 0.2) is 0 Å². The lowest BCUT2D eigenvalue weighted by Gasteiger charge is -2.42. The maximum atomic E-state index is 13.9. The third-order valence-electron chi connectivity index (χ3n) is 17.8. The Balaban J connectivity index is 1.32. The topological polar surface area (TPSA) is 566 Å². The van der Waals surface area contributed by atoms with E-state index in [2.05, 4.69) is 47.9 Å². The fraction of sp³-hybridized carbons (Fsp3) is 0.870. The van der Waals surface area contributed by atoms with Gasteiger partial charge in [0.25, 0.3) is 0 Å². The minimum Gasteiger partial charge on any atom is -0.394 e. The smallest absolute Gasteiger partial charge is 0.242 e. The Hall–Kier alpha value is -5.61. The normalized spacial score (nSPS) is 27.9. The first kappa shape index (κ1) is 94.8. The molecule has 20 atom stereocenters. The molecule has 4 fully saturated rings. The van der Waals surface area contributed by atoms with Gasteiger partial charge in [-0.25, -0.2) is 0 Å². The summed E-state index contributed by atoms with van der Waals surface area (Å²) in [7, 11) is 0. The Morgan fingerprint density at radius 1 is 0.435 bits per heavy atom. The van der Waals surface area contributed by atoms with Crippen molar-refractivity contribution in [1.29, 1.82) is 0 Å². The fourth-order valence-corrected chi connectivity index (χ4v) is 12.3. The van der Waals surface area contributed by atoms with Gasteiger partial charge in [-0.1, -0.05) is 38.5 Å². The number of carbonyl (C=O) groups is 9. The molecule has 9 amide bonds. The van der Waals surface area contributed by atoms with Gasteiger partial charge in [-0.05, 0) is 46.5 Å². The van der Waals surface area contributed by atoms with Crippen molar-refractivity contribution in [2.24, 2.45) is 0 Å². The summed E-state index contributed by atoms with van der Waals surface area (Å²) < 4.78 is 62.5. The Kier molecular flexibility index (Phi) is 45.5. The molecule has 108 heavy (non-hydrogen) atoms. The summed E-state index contributed by atoms with van der Waals surface area (Å²) >= 11 is 0. The van der Waals surface area contributed by atoms with Crippen molar-refractivity contribution in [3.05, 3.63) is 0 Å². The lowest BCUT2D eigenvalue weighted by Crippen LogP contribution is -2.64. The molecule has 39 heteroatoms. The van der Waals surface area contributed by atoms with E-state index in [0.29, 0.717) is 38.6 Å². The monoisotopic (exact) mass is 1560 g/mol. The second kappa shape index (κ2) is 51.8. The molecule has 0 bridgehead atoms. The second-order valence-corrected chi connectivity index (χ2v) is 28.1. The van der Waals surface area contributed by atoms with Crippen LogP contribution in [-0.4, -0.2) is 344 Å². The van der Waals surface area contributed by atoms with Crippen LogP contribution >= 0.6 is 0 Å². The molecule has 0 aromatic rings. The number of ether oxygens (including phenoxy) is 11. The maximum Gasteiger partial charge on any atom is 0.242 e. The zero-order valence-electron chi connectivity index (χ0n) is 63.0. The molecule has 39 nitrogen and oxygen atoms in total. The molecule has 4 heterocycles. The molecule has 4 aliphatic rings. The molecule has 0 aromatic carbocycles. The highest BCUT2D eigenvalue weighted by Gasteiger charge is 2.47. The van der Waals surface area contributed by atoms with Gasteiger partial charge < -0.3 is 151 Å². The van der Waals surface area contributed by atoms with Crippen molar-refractivity contribution in [1.82, 2.24) is 47.9 Å². The first-order valence-corrected chi connectivity index (χ1v) is 37.4. The van der Waals surface area contributed by atoms with Gasteiger partial charge in [0.05, 0.1) is 116 Å². The third-order valence-corrected chi connectivity index (χ3v) is 17.8. The summed E-state index contributed by atoms with van der Waals surface area (Å²) in [6.45, 7) is 6.77. The quantitative estimate of drug-likeness (QED) is 0.0252. The van der Waals surface area contributed by atoms with Crippen molar-refractivity contribution in [3.63, 3.8) is 0 Å². The van der Waals surface area contributed by atoms with Gasteiger partial charge in [-0.3, -0.25) is 43.2 Å². The molecule has 4 aliphatic heterocycles. The molecule has 0 aromatic heterocycles. The van der Waals surface area contributed by atoms with E-state index >= 15 is 0 Å². The van der Waals surface area contributed by atoms with Gasteiger partial charge in [0.2, 0.25) is 53.2 Å². The molecule has 624 valence electrons. The molecule has 0 saturated carbocycles. The molecule has 4 saturated heterocycles. The molecule has 19 N–H and O–H groups in total. The van der Waals surface area contributed by atoms with Crippen LogP contribution in [-0.2, 0) is 95.3 Å². The van der Waals surface area contributed by atoms with Crippen LogP contribution in [0.25, 0.3) is 0 Å². The number of aliphatic hydroxyl groups excluding tert-OH is 10. The van der Waals surface area contributed by atoms with Crippen LogP contribution in [0, 0.1) is 0 Å². The molecule has 0 spiro atoms. The van der Waals surface area contributed by atoms with Crippen LogP contribution in [0.5, 0.6) is 0 Å². The minimum atomic E-state index is -1.55. The van der Waals surface area contributed by atoms with Crippen LogP contribution in [0.2, 0.25) is 0 Å². The first-order chi connectivity index (χ1) is 51.4. The number of hydrogen-bond donors (Lipinski definition) is 19. The lowest BCUT2D eigenvalue weighted by molar-refractivity contribution is -0.272. The van der Waals surface area contributed by atoms with Gasteiger partial charge >= 0.3 is 0 Å². The Morgan fingerprint density at radius 2 is 0.833 bits per heavy atom. The number of amides is 9. The van der Waals surface area contributed by atoms with E-state index in [4.69, 9.17) is 52.1 Å². The fourth-order valence-electron chi connectivity index (χ4n) is 12.3. The summed E-state index contributed by atoms with van der Waals surface area (Å²) in [5, 5.41) is 126. The average molecular weight is 1560 g/mol. The SMILES string of the molecule is CC(=O)NC1C(OCCOCCNC(=O)CCC(NC(=O)CCC(NC(=O)CCCCCCCCCCC(=O)NCC2CC(OC(C)(C)C)C(CO)O2)C(=O)NCCOCCOC2OC(CO)C(O)C(O)C2NC(C)=O)C(=O)NCCOCCOC2OC(CO)C(O)C(O)C2NC(C)=O)OCC(O)CC(O)C1O. The predicted molar refractivity (Wildman–Crippen MR) is 377 cm³/mol. The Morgan fingerprint density at radius 3 is 1.28 bits per heavy atom. The molecule has 20 unspecified atom stereocenters. The first-order valence-electron chi connectivity index (χ1n) is 37.4. The third kappa shape index (κ3) is 36.7. The van der Waals surface area contributed by atoms with E-state index < -0.39 is 183 Å². The molecule has 4 rings (SSSR count). The van der Waals surface area contributed by atoms with Crippen LogP contribution < -0.4 is 47.9 Å². The number of unbranched alkanes of at least 4 members (excludes halogenated alkanes) is 7. The zero-order valence-corrected chi connectivity index (χ0v) is 63.0. The number of nitrogens with one attached hydrogen (secondary N) is 9. The Labute approximate surface area is 629 Å². The Bertz CT molecular complexity index is 2660. The summed E-state index contributed by atoms with van der Waals surface area (Å²) in [5.41, 5.74) is -0.404. The number of carbonyl (C=O) groups excluding carboxylic acids is 9.